The van der Waals surface area contributed by atoms with Gasteiger partial charge in [-0.15, -0.1) is 0 Å². The molecule has 4 nitrogen and oxygen atoms in total. The van der Waals surface area contributed by atoms with Crippen LogP contribution in [0.25, 0.3) is 0 Å². The third kappa shape index (κ3) is 4.02. The first kappa shape index (κ1) is 15.4. The van der Waals surface area contributed by atoms with E-state index in [1.807, 2.05) is 50.6 Å². The van der Waals surface area contributed by atoms with Crippen LogP contribution in [0.4, 0.5) is 0 Å². The molecule has 2 rings (SSSR count). The fourth-order valence-corrected chi connectivity index (χ4v) is 2.38. The minimum atomic E-state index is 0.657. The zero-order valence-corrected chi connectivity index (χ0v) is 13.4. The normalized spacial score (nSPS) is 11.5. The molecule has 0 unspecified atom stereocenters. The number of nitrogens with zero attached hydrogens (tertiary/aromatic N) is 3. The molecule has 0 radical (unpaired) electrons. The average Bonchev–Trinajstić information content (AvgIpc) is 2.87. The van der Waals surface area contributed by atoms with Gasteiger partial charge in [0.25, 0.3) is 0 Å². The standard InChI is InChI=1S/C16H21ClN4/c1-18-16(19-11-13-7-4-5-9-15(13)17)21(3)12-14-8-6-10-20(14)2/h4-10H,11-12H2,1-3H3,(H,18,19). The van der Waals surface area contributed by atoms with E-state index < -0.39 is 0 Å². The SMILES string of the molecule is CN=C(NCc1ccccc1Cl)N(C)Cc1cccn1C. The lowest BCUT2D eigenvalue weighted by Crippen LogP contribution is -2.38. The minimum Gasteiger partial charge on any atom is -0.353 e. The zero-order chi connectivity index (χ0) is 15.2. The minimum absolute atomic E-state index is 0.657. The second kappa shape index (κ2) is 7.18. The van der Waals surface area contributed by atoms with Crippen LogP contribution >= 0.6 is 11.6 Å². The van der Waals surface area contributed by atoms with Crippen LogP contribution in [0.5, 0.6) is 0 Å². The fraction of sp³-hybridized carbons (Fsp3) is 0.312. The highest BCUT2D eigenvalue weighted by molar-refractivity contribution is 6.31. The lowest BCUT2D eigenvalue weighted by Gasteiger charge is -2.22. The van der Waals surface area contributed by atoms with Gasteiger partial charge in [-0.2, -0.15) is 0 Å². The van der Waals surface area contributed by atoms with E-state index >= 15 is 0 Å². The van der Waals surface area contributed by atoms with Crippen LogP contribution in [0.1, 0.15) is 11.3 Å². The Morgan fingerprint density at radius 3 is 2.67 bits per heavy atom. The zero-order valence-electron chi connectivity index (χ0n) is 12.7. The Kier molecular flexibility index (Phi) is 5.28. The Labute approximate surface area is 131 Å². The van der Waals surface area contributed by atoms with Crippen molar-refractivity contribution < 1.29 is 0 Å². The number of aromatic nitrogens is 1. The molecule has 0 aliphatic heterocycles. The second-order valence-corrected chi connectivity index (χ2v) is 5.37. The first-order valence-corrected chi connectivity index (χ1v) is 7.25. The first-order valence-electron chi connectivity index (χ1n) is 6.87. The molecular formula is C16H21ClN4. The van der Waals surface area contributed by atoms with Crippen molar-refractivity contribution in [2.24, 2.45) is 12.0 Å². The Morgan fingerprint density at radius 2 is 2.05 bits per heavy atom. The van der Waals surface area contributed by atoms with Gasteiger partial charge in [-0.3, -0.25) is 4.99 Å². The number of aliphatic imine (C=N–C) groups is 1. The lowest BCUT2D eigenvalue weighted by atomic mass is 10.2. The number of guanidine groups is 1. The third-order valence-electron chi connectivity index (χ3n) is 3.42. The van der Waals surface area contributed by atoms with Gasteiger partial charge in [0.2, 0.25) is 0 Å². The van der Waals surface area contributed by atoms with Crippen molar-refractivity contribution in [3.05, 3.63) is 58.9 Å². The van der Waals surface area contributed by atoms with E-state index in [0.717, 1.165) is 23.1 Å². The van der Waals surface area contributed by atoms with Crippen molar-refractivity contribution in [3.8, 4) is 0 Å². The molecule has 1 heterocycles. The molecule has 0 saturated carbocycles. The highest BCUT2D eigenvalue weighted by atomic mass is 35.5. The molecule has 1 N–H and O–H groups in total. The number of aryl methyl sites for hydroxylation is 1. The van der Waals surface area contributed by atoms with Gasteiger partial charge < -0.3 is 14.8 Å². The summed E-state index contributed by atoms with van der Waals surface area (Å²) in [5, 5.41) is 4.11. The van der Waals surface area contributed by atoms with E-state index in [4.69, 9.17) is 11.6 Å². The van der Waals surface area contributed by atoms with Gasteiger partial charge in [0.1, 0.15) is 0 Å². The molecule has 0 bridgehead atoms. The molecule has 5 heteroatoms. The van der Waals surface area contributed by atoms with Crippen molar-refractivity contribution in [2.45, 2.75) is 13.1 Å². The van der Waals surface area contributed by atoms with Gasteiger partial charge in [0, 0.05) is 44.6 Å². The fourth-order valence-electron chi connectivity index (χ4n) is 2.18. The van der Waals surface area contributed by atoms with Gasteiger partial charge in [-0.05, 0) is 23.8 Å². The number of benzene rings is 1. The molecule has 0 fully saturated rings. The highest BCUT2D eigenvalue weighted by Gasteiger charge is 2.08. The van der Waals surface area contributed by atoms with E-state index in [1.54, 1.807) is 7.05 Å². The molecule has 0 saturated heterocycles. The van der Waals surface area contributed by atoms with Crippen molar-refractivity contribution in [1.82, 2.24) is 14.8 Å². The van der Waals surface area contributed by atoms with Gasteiger partial charge in [0.15, 0.2) is 5.96 Å². The van der Waals surface area contributed by atoms with Crippen LogP contribution in [0.3, 0.4) is 0 Å². The Hall–Kier alpha value is -1.94. The van der Waals surface area contributed by atoms with Gasteiger partial charge >= 0.3 is 0 Å². The van der Waals surface area contributed by atoms with Gasteiger partial charge in [-0.1, -0.05) is 29.8 Å². The van der Waals surface area contributed by atoms with E-state index in [-0.39, 0.29) is 0 Å². The number of hydrogen-bond acceptors (Lipinski definition) is 1. The van der Waals surface area contributed by atoms with E-state index in [0.29, 0.717) is 6.54 Å². The largest absolute Gasteiger partial charge is 0.353 e. The predicted octanol–water partition coefficient (Wildman–Crippen LogP) is 2.89. The molecule has 0 atom stereocenters. The topological polar surface area (TPSA) is 32.6 Å². The molecule has 0 aliphatic carbocycles. The second-order valence-electron chi connectivity index (χ2n) is 4.96. The Balaban J connectivity index is 1.97. The number of hydrogen-bond donors (Lipinski definition) is 1. The number of halogens is 1. The van der Waals surface area contributed by atoms with Crippen molar-refractivity contribution >= 4 is 17.6 Å². The monoisotopic (exact) mass is 304 g/mol. The van der Waals surface area contributed by atoms with Crippen molar-refractivity contribution in [1.29, 1.82) is 0 Å². The summed E-state index contributed by atoms with van der Waals surface area (Å²) in [5.74, 6) is 0.844. The van der Waals surface area contributed by atoms with Gasteiger partial charge in [-0.25, -0.2) is 0 Å². The van der Waals surface area contributed by atoms with E-state index in [9.17, 15) is 0 Å². The summed E-state index contributed by atoms with van der Waals surface area (Å²) in [6.07, 6.45) is 2.04. The van der Waals surface area contributed by atoms with E-state index in [1.165, 1.54) is 5.69 Å². The molecule has 1 aromatic carbocycles. The summed E-state index contributed by atoms with van der Waals surface area (Å²) < 4.78 is 2.11. The highest BCUT2D eigenvalue weighted by Crippen LogP contribution is 2.14. The van der Waals surface area contributed by atoms with Crippen LogP contribution in [0.15, 0.2) is 47.6 Å². The van der Waals surface area contributed by atoms with Crippen LogP contribution in [0, 0.1) is 0 Å². The first-order chi connectivity index (χ1) is 10.1. The summed E-state index contributed by atoms with van der Waals surface area (Å²) in [4.78, 5) is 6.41. The van der Waals surface area contributed by atoms with Crippen molar-refractivity contribution in [2.75, 3.05) is 14.1 Å². The molecule has 2 aromatic rings. The predicted molar refractivity (Wildman–Crippen MR) is 88.5 cm³/mol. The third-order valence-corrected chi connectivity index (χ3v) is 3.79. The molecule has 112 valence electrons. The molecule has 0 spiro atoms. The smallest absolute Gasteiger partial charge is 0.194 e. The van der Waals surface area contributed by atoms with Crippen LogP contribution < -0.4 is 5.32 Å². The molecule has 0 amide bonds. The van der Waals surface area contributed by atoms with Gasteiger partial charge in [0.05, 0.1) is 6.54 Å². The number of nitrogens with one attached hydrogen (secondary N) is 1. The maximum atomic E-state index is 6.17. The average molecular weight is 305 g/mol. The van der Waals surface area contributed by atoms with Crippen LogP contribution in [-0.4, -0.2) is 29.5 Å². The Bertz CT molecular complexity index is 618. The quantitative estimate of drug-likeness (QED) is 0.696. The van der Waals surface area contributed by atoms with E-state index in [2.05, 4.69) is 25.8 Å². The molecule has 0 aliphatic rings. The summed E-state index contributed by atoms with van der Waals surface area (Å²) in [6.45, 7) is 1.45. The van der Waals surface area contributed by atoms with Crippen LogP contribution in [-0.2, 0) is 20.1 Å². The summed E-state index contributed by atoms with van der Waals surface area (Å²) >= 11 is 6.17. The Morgan fingerprint density at radius 1 is 1.29 bits per heavy atom. The number of rotatable bonds is 4. The van der Waals surface area contributed by atoms with Crippen molar-refractivity contribution in [3.63, 3.8) is 0 Å². The molecular weight excluding hydrogens is 284 g/mol. The van der Waals surface area contributed by atoms with Crippen LogP contribution in [0.2, 0.25) is 5.02 Å². The maximum Gasteiger partial charge on any atom is 0.194 e. The summed E-state index contributed by atoms with van der Waals surface area (Å²) in [5.41, 5.74) is 2.30. The maximum absolute atomic E-state index is 6.17. The summed E-state index contributed by atoms with van der Waals surface area (Å²) in [7, 11) is 5.86. The summed E-state index contributed by atoms with van der Waals surface area (Å²) in [6, 6.07) is 12.0. The molecule has 1 aromatic heterocycles. The molecule has 21 heavy (non-hydrogen) atoms. The lowest BCUT2D eigenvalue weighted by molar-refractivity contribution is 0.462.